The zero-order valence-corrected chi connectivity index (χ0v) is 11.8. The summed E-state index contributed by atoms with van der Waals surface area (Å²) >= 11 is 0. The Morgan fingerprint density at radius 2 is 2.26 bits per heavy atom. The van der Waals surface area contributed by atoms with Gasteiger partial charge in [-0.2, -0.15) is 0 Å². The first-order valence-corrected chi connectivity index (χ1v) is 6.87. The number of hydrogen-bond acceptors (Lipinski definition) is 3. The molecule has 2 unspecified atom stereocenters. The molecule has 0 spiro atoms. The topological polar surface area (TPSA) is 30.5 Å². The van der Waals surface area contributed by atoms with Crippen molar-refractivity contribution in [1.29, 1.82) is 0 Å². The van der Waals surface area contributed by atoms with Gasteiger partial charge in [-0.1, -0.05) is 6.92 Å². The van der Waals surface area contributed by atoms with Gasteiger partial charge in [-0.15, -0.1) is 0 Å². The molecule has 0 saturated heterocycles. The number of benzene rings is 1. The summed E-state index contributed by atoms with van der Waals surface area (Å²) in [5.41, 5.74) is 0.532. The molecule has 0 aliphatic carbocycles. The molecule has 0 saturated carbocycles. The molecule has 0 amide bonds. The van der Waals surface area contributed by atoms with Crippen molar-refractivity contribution in [2.24, 2.45) is 0 Å². The summed E-state index contributed by atoms with van der Waals surface area (Å²) in [6.07, 6.45) is 0.775. The van der Waals surface area contributed by atoms with E-state index in [4.69, 9.17) is 9.47 Å². The van der Waals surface area contributed by atoms with Crippen LogP contribution in [0.2, 0.25) is 0 Å². The van der Waals surface area contributed by atoms with E-state index in [-0.39, 0.29) is 17.5 Å². The Morgan fingerprint density at radius 3 is 2.95 bits per heavy atom. The van der Waals surface area contributed by atoms with Crippen LogP contribution in [0.3, 0.4) is 0 Å². The van der Waals surface area contributed by atoms with Gasteiger partial charge in [0.15, 0.2) is 0 Å². The van der Waals surface area contributed by atoms with Gasteiger partial charge in [-0.3, -0.25) is 0 Å². The number of hydrogen-bond donors (Lipinski definition) is 1. The minimum atomic E-state index is -0.367. The average Bonchev–Trinajstić information content (AvgIpc) is 2.38. The summed E-state index contributed by atoms with van der Waals surface area (Å²) in [4.78, 5) is 0. The maximum atomic E-state index is 13.4. The third kappa shape index (κ3) is 3.25. The Hall–Kier alpha value is -1.13. The summed E-state index contributed by atoms with van der Waals surface area (Å²) in [7, 11) is 0. The van der Waals surface area contributed by atoms with Gasteiger partial charge >= 0.3 is 0 Å². The average molecular weight is 267 g/mol. The first-order chi connectivity index (χ1) is 9.08. The van der Waals surface area contributed by atoms with E-state index in [1.165, 1.54) is 6.07 Å². The zero-order chi connectivity index (χ0) is 13.9. The molecule has 0 bridgehead atoms. The van der Waals surface area contributed by atoms with Crippen LogP contribution in [0.25, 0.3) is 0 Å². The number of rotatable bonds is 5. The van der Waals surface area contributed by atoms with E-state index < -0.39 is 0 Å². The molecule has 1 aromatic carbocycles. The van der Waals surface area contributed by atoms with E-state index >= 15 is 0 Å². The molecule has 2 atom stereocenters. The van der Waals surface area contributed by atoms with Gasteiger partial charge in [0.25, 0.3) is 0 Å². The summed E-state index contributed by atoms with van der Waals surface area (Å²) in [6.45, 7) is 8.11. The molecule has 1 N–H and O–H groups in total. The van der Waals surface area contributed by atoms with Crippen LogP contribution in [-0.2, 0) is 4.74 Å². The van der Waals surface area contributed by atoms with Crippen LogP contribution >= 0.6 is 0 Å². The number of halogens is 1. The molecule has 2 rings (SSSR count). The Balaban J connectivity index is 2.27. The Bertz CT molecular complexity index is 438. The quantitative estimate of drug-likeness (QED) is 0.889. The van der Waals surface area contributed by atoms with Crippen LogP contribution in [0.15, 0.2) is 18.2 Å². The molecule has 1 aliphatic rings. The maximum Gasteiger partial charge on any atom is 0.131 e. The first kappa shape index (κ1) is 14.3. The van der Waals surface area contributed by atoms with Crippen molar-refractivity contribution in [3.8, 4) is 5.75 Å². The highest BCUT2D eigenvalue weighted by atomic mass is 19.1. The Morgan fingerprint density at radius 1 is 1.47 bits per heavy atom. The highest BCUT2D eigenvalue weighted by Gasteiger charge is 2.37. The molecule has 1 aliphatic heterocycles. The standard InChI is InChI=1S/C15H22FNO2/c1-4-17-13-9-15(3,10-18-5-2)19-14-7-6-11(16)8-12(13)14/h6-8,13,17H,4-5,9-10H2,1-3H3. The second kappa shape index (κ2) is 5.88. The minimum absolute atomic E-state index is 0.106. The maximum absolute atomic E-state index is 13.4. The predicted molar refractivity (Wildman–Crippen MR) is 73.0 cm³/mol. The fourth-order valence-corrected chi connectivity index (χ4v) is 2.57. The van der Waals surface area contributed by atoms with Gasteiger partial charge in [-0.25, -0.2) is 4.39 Å². The summed E-state index contributed by atoms with van der Waals surface area (Å²) < 4.78 is 24.9. The Labute approximate surface area is 114 Å². The smallest absolute Gasteiger partial charge is 0.131 e. The van der Waals surface area contributed by atoms with Crippen LogP contribution in [0.5, 0.6) is 5.75 Å². The van der Waals surface area contributed by atoms with Gasteiger partial charge in [0.05, 0.1) is 6.61 Å². The van der Waals surface area contributed by atoms with Crippen molar-refractivity contribution >= 4 is 0 Å². The molecule has 106 valence electrons. The van der Waals surface area contributed by atoms with Gasteiger partial charge in [0.1, 0.15) is 17.2 Å². The lowest BCUT2D eigenvalue weighted by atomic mass is 9.88. The zero-order valence-electron chi connectivity index (χ0n) is 11.8. The molecule has 3 nitrogen and oxygen atoms in total. The number of ether oxygens (including phenoxy) is 2. The SMILES string of the molecule is CCNC1CC(C)(COCC)Oc2ccc(F)cc21. The van der Waals surface area contributed by atoms with E-state index in [1.54, 1.807) is 12.1 Å². The molecule has 19 heavy (non-hydrogen) atoms. The second-order valence-electron chi connectivity index (χ2n) is 5.19. The predicted octanol–water partition coefficient (Wildman–Crippen LogP) is 3.05. The molecular formula is C15H22FNO2. The van der Waals surface area contributed by atoms with Crippen molar-refractivity contribution in [2.45, 2.75) is 38.8 Å². The molecule has 0 fully saturated rings. The van der Waals surface area contributed by atoms with Crippen molar-refractivity contribution in [2.75, 3.05) is 19.8 Å². The lowest BCUT2D eigenvalue weighted by Gasteiger charge is -2.40. The van der Waals surface area contributed by atoms with E-state index in [2.05, 4.69) is 5.32 Å². The lowest BCUT2D eigenvalue weighted by molar-refractivity contribution is -0.0331. The van der Waals surface area contributed by atoms with Crippen LogP contribution in [0, 0.1) is 5.82 Å². The molecular weight excluding hydrogens is 245 g/mol. The number of fused-ring (bicyclic) bond motifs is 1. The van der Waals surface area contributed by atoms with E-state index in [0.717, 1.165) is 24.3 Å². The summed E-state index contributed by atoms with van der Waals surface area (Å²) in [5, 5.41) is 3.40. The van der Waals surface area contributed by atoms with Crippen LogP contribution in [-0.4, -0.2) is 25.4 Å². The summed E-state index contributed by atoms with van der Waals surface area (Å²) in [6, 6.07) is 4.81. The monoisotopic (exact) mass is 267 g/mol. The van der Waals surface area contributed by atoms with Crippen LogP contribution in [0.1, 0.15) is 38.8 Å². The fraction of sp³-hybridized carbons (Fsp3) is 0.600. The third-order valence-corrected chi connectivity index (χ3v) is 3.40. The van der Waals surface area contributed by atoms with Crippen LogP contribution in [0.4, 0.5) is 4.39 Å². The van der Waals surface area contributed by atoms with Crippen molar-refractivity contribution in [1.82, 2.24) is 5.32 Å². The van der Waals surface area contributed by atoms with E-state index in [9.17, 15) is 4.39 Å². The fourth-order valence-electron chi connectivity index (χ4n) is 2.57. The molecule has 0 aromatic heterocycles. The first-order valence-electron chi connectivity index (χ1n) is 6.87. The molecule has 1 aromatic rings. The van der Waals surface area contributed by atoms with Crippen molar-refractivity contribution in [3.05, 3.63) is 29.6 Å². The molecule has 4 heteroatoms. The third-order valence-electron chi connectivity index (χ3n) is 3.40. The van der Waals surface area contributed by atoms with E-state index in [0.29, 0.717) is 13.2 Å². The lowest BCUT2D eigenvalue weighted by Crippen LogP contribution is -2.45. The van der Waals surface area contributed by atoms with Crippen LogP contribution < -0.4 is 10.1 Å². The van der Waals surface area contributed by atoms with E-state index in [1.807, 2.05) is 20.8 Å². The Kier molecular flexibility index (Phi) is 4.42. The minimum Gasteiger partial charge on any atom is -0.485 e. The molecule has 0 radical (unpaired) electrons. The van der Waals surface area contributed by atoms with Crippen molar-refractivity contribution < 1.29 is 13.9 Å². The second-order valence-corrected chi connectivity index (χ2v) is 5.19. The van der Waals surface area contributed by atoms with Gasteiger partial charge in [0, 0.05) is 24.6 Å². The van der Waals surface area contributed by atoms with Gasteiger partial charge in [0.2, 0.25) is 0 Å². The van der Waals surface area contributed by atoms with Gasteiger partial charge in [-0.05, 0) is 38.6 Å². The van der Waals surface area contributed by atoms with Crippen molar-refractivity contribution in [3.63, 3.8) is 0 Å². The number of nitrogens with one attached hydrogen (secondary N) is 1. The summed E-state index contributed by atoms with van der Waals surface area (Å²) in [5.74, 6) is 0.527. The van der Waals surface area contributed by atoms with Gasteiger partial charge < -0.3 is 14.8 Å². The highest BCUT2D eigenvalue weighted by molar-refractivity contribution is 5.39. The molecule has 1 heterocycles. The normalized spacial score (nSPS) is 25.8. The largest absolute Gasteiger partial charge is 0.485 e. The highest BCUT2D eigenvalue weighted by Crippen LogP contribution is 2.40.